The molecule has 1 aromatic rings. The van der Waals surface area contributed by atoms with Crippen molar-refractivity contribution >= 4 is 12.1 Å². The Morgan fingerprint density at radius 2 is 1.73 bits per heavy atom. The van der Waals surface area contributed by atoms with Crippen molar-refractivity contribution in [2.75, 3.05) is 39.5 Å². The molecule has 3 rings (SSSR count). The number of rotatable bonds is 8. The molecule has 1 atom stereocenters. The lowest BCUT2D eigenvalue weighted by Gasteiger charge is -2.38. The van der Waals surface area contributed by atoms with E-state index in [0.717, 1.165) is 11.1 Å². The Labute approximate surface area is 177 Å². The zero-order chi connectivity index (χ0) is 21.6. The number of hydrogen-bond donors (Lipinski definition) is 1. The summed E-state index contributed by atoms with van der Waals surface area (Å²) in [6.07, 6.45) is 4.13. The topological polar surface area (TPSA) is 91.1 Å². The normalized spacial score (nSPS) is 19.3. The molecule has 1 amide bonds. The van der Waals surface area contributed by atoms with Crippen molar-refractivity contribution in [3.63, 3.8) is 0 Å². The van der Waals surface area contributed by atoms with Gasteiger partial charge >= 0.3 is 12.1 Å². The van der Waals surface area contributed by atoms with Crippen LogP contribution in [0.2, 0.25) is 0 Å². The van der Waals surface area contributed by atoms with Gasteiger partial charge in [0.25, 0.3) is 0 Å². The minimum atomic E-state index is -0.450. The Bertz CT molecular complexity index is 764. The summed E-state index contributed by atoms with van der Waals surface area (Å²) >= 11 is 0. The Morgan fingerprint density at radius 3 is 2.27 bits per heavy atom. The predicted molar refractivity (Wildman–Crippen MR) is 113 cm³/mol. The van der Waals surface area contributed by atoms with Crippen LogP contribution in [0.1, 0.15) is 29.9 Å². The highest BCUT2D eigenvalue weighted by molar-refractivity contribution is 5.79. The van der Waals surface area contributed by atoms with Crippen molar-refractivity contribution in [2.45, 2.75) is 24.3 Å². The fourth-order valence-corrected chi connectivity index (χ4v) is 3.98. The third kappa shape index (κ3) is 4.91. The average molecular weight is 415 g/mol. The number of piperidine rings is 1. The third-order valence-electron chi connectivity index (χ3n) is 5.76. The maximum Gasteiger partial charge on any atom is 0.410 e. The Kier molecular flexibility index (Phi) is 7.29. The van der Waals surface area contributed by atoms with E-state index in [9.17, 15) is 9.59 Å². The molecule has 0 spiro atoms. The second-order valence-electron chi connectivity index (χ2n) is 7.86. The van der Waals surface area contributed by atoms with E-state index in [-0.39, 0.29) is 31.2 Å². The summed E-state index contributed by atoms with van der Waals surface area (Å²) in [6.45, 7) is 9.59. The number of carbonyl (C=O) groups excluding carboxylic acids is 2. The van der Waals surface area contributed by atoms with Crippen LogP contribution in [0.25, 0.3) is 0 Å². The van der Waals surface area contributed by atoms with Crippen molar-refractivity contribution < 1.29 is 23.8 Å². The largest absolute Gasteiger partial charge is 0.461 e. The van der Waals surface area contributed by atoms with E-state index in [4.69, 9.17) is 19.9 Å². The number of likely N-dealkylation sites (tertiary alicyclic amines) is 1. The predicted octanol–water partition coefficient (Wildman–Crippen LogP) is 2.72. The summed E-state index contributed by atoms with van der Waals surface area (Å²) in [7, 11) is 0. The molecule has 30 heavy (non-hydrogen) atoms. The van der Waals surface area contributed by atoms with Crippen LogP contribution >= 0.6 is 0 Å². The summed E-state index contributed by atoms with van der Waals surface area (Å²) in [6, 6.07) is 7.83. The van der Waals surface area contributed by atoms with Gasteiger partial charge in [0.05, 0.1) is 24.7 Å². The molecule has 162 valence electrons. The molecule has 1 aromatic carbocycles. The van der Waals surface area contributed by atoms with Crippen molar-refractivity contribution in [3.05, 3.63) is 60.7 Å². The summed E-state index contributed by atoms with van der Waals surface area (Å²) in [5.41, 5.74) is 7.75. The standard InChI is InChI=1S/C23H30N2O5/c1-3-13-29-21(26)20(17-5-7-19(8-6-17)23(24)15-28-16-23)18-9-11-25(12-10-18)22(27)30-14-4-2/h3-8,18,20H,1-2,9-16,24H2. The fourth-order valence-electron chi connectivity index (χ4n) is 3.98. The van der Waals surface area contributed by atoms with E-state index in [1.807, 2.05) is 24.3 Å². The van der Waals surface area contributed by atoms with Gasteiger partial charge in [-0.25, -0.2) is 4.79 Å². The van der Waals surface area contributed by atoms with Crippen LogP contribution < -0.4 is 5.73 Å². The van der Waals surface area contributed by atoms with Crippen LogP contribution in [0.15, 0.2) is 49.6 Å². The minimum Gasteiger partial charge on any atom is -0.461 e. The SMILES string of the molecule is C=CCOC(=O)C(c1ccc(C2(N)COC2)cc1)C1CCN(C(=O)OCC=C)CC1. The zero-order valence-electron chi connectivity index (χ0n) is 17.3. The lowest BCUT2D eigenvalue weighted by molar-refractivity contribution is -0.146. The summed E-state index contributed by atoms with van der Waals surface area (Å²) < 4.78 is 15.8. The molecule has 2 aliphatic heterocycles. The number of amides is 1. The van der Waals surface area contributed by atoms with E-state index in [2.05, 4.69) is 13.2 Å². The summed E-state index contributed by atoms with van der Waals surface area (Å²) in [5, 5.41) is 0. The van der Waals surface area contributed by atoms with Gasteiger partial charge in [0.2, 0.25) is 0 Å². The van der Waals surface area contributed by atoms with Crippen LogP contribution in [0.4, 0.5) is 4.79 Å². The average Bonchev–Trinajstić information content (AvgIpc) is 2.75. The quantitative estimate of drug-likeness (QED) is 0.520. The van der Waals surface area contributed by atoms with Gasteiger partial charge < -0.3 is 24.8 Å². The molecule has 0 aromatic heterocycles. The molecule has 0 bridgehead atoms. The van der Waals surface area contributed by atoms with Crippen LogP contribution in [-0.2, 0) is 24.5 Å². The van der Waals surface area contributed by atoms with Gasteiger partial charge in [-0.3, -0.25) is 4.79 Å². The van der Waals surface area contributed by atoms with Gasteiger partial charge in [-0.15, -0.1) is 0 Å². The van der Waals surface area contributed by atoms with Gasteiger partial charge in [0, 0.05) is 13.1 Å². The number of hydrogen-bond acceptors (Lipinski definition) is 6. The molecular formula is C23H30N2O5. The molecule has 2 fully saturated rings. The molecule has 0 radical (unpaired) electrons. The van der Waals surface area contributed by atoms with Crippen LogP contribution in [0, 0.1) is 5.92 Å². The Hall–Kier alpha value is -2.64. The lowest BCUT2D eigenvalue weighted by atomic mass is 9.79. The van der Waals surface area contributed by atoms with Gasteiger partial charge in [0.1, 0.15) is 13.2 Å². The molecule has 7 heteroatoms. The number of ether oxygens (including phenoxy) is 3. The minimum absolute atomic E-state index is 0.0653. The van der Waals surface area contributed by atoms with Crippen LogP contribution in [-0.4, -0.2) is 56.5 Å². The van der Waals surface area contributed by atoms with E-state index >= 15 is 0 Å². The third-order valence-corrected chi connectivity index (χ3v) is 5.76. The van der Waals surface area contributed by atoms with Gasteiger partial charge in [0.15, 0.2) is 0 Å². The van der Waals surface area contributed by atoms with Crippen LogP contribution in [0.5, 0.6) is 0 Å². The Morgan fingerprint density at radius 1 is 1.13 bits per heavy atom. The highest BCUT2D eigenvalue weighted by Gasteiger charge is 2.38. The smallest absolute Gasteiger partial charge is 0.410 e. The van der Waals surface area contributed by atoms with Crippen molar-refractivity contribution in [1.29, 1.82) is 0 Å². The molecular weight excluding hydrogens is 384 g/mol. The number of carbonyl (C=O) groups is 2. The number of nitrogens with two attached hydrogens (primary N) is 1. The lowest BCUT2D eigenvalue weighted by Crippen LogP contribution is -2.54. The van der Waals surface area contributed by atoms with E-state index in [0.29, 0.717) is 39.1 Å². The maximum atomic E-state index is 12.9. The van der Waals surface area contributed by atoms with Gasteiger partial charge in [-0.2, -0.15) is 0 Å². The maximum absolute atomic E-state index is 12.9. The molecule has 2 saturated heterocycles. The number of benzene rings is 1. The number of nitrogens with zero attached hydrogens (tertiary/aromatic N) is 1. The monoisotopic (exact) mass is 414 g/mol. The second kappa shape index (κ2) is 9.91. The molecule has 2 aliphatic rings. The molecule has 2 heterocycles. The van der Waals surface area contributed by atoms with Crippen molar-refractivity contribution in [2.24, 2.45) is 11.7 Å². The number of esters is 1. The first-order valence-corrected chi connectivity index (χ1v) is 10.3. The van der Waals surface area contributed by atoms with Crippen molar-refractivity contribution in [1.82, 2.24) is 4.90 Å². The van der Waals surface area contributed by atoms with Gasteiger partial charge in [-0.05, 0) is 29.9 Å². The first-order valence-electron chi connectivity index (χ1n) is 10.3. The highest BCUT2D eigenvalue weighted by atomic mass is 16.6. The van der Waals surface area contributed by atoms with Crippen molar-refractivity contribution in [3.8, 4) is 0 Å². The second-order valence-corrected chi connectivity index (χ2v) is 7.86. The van der Waals surface area contributed by atoms with E-state index < -0.39 is 11.5 Å². The zero-order valence-corrected chi connectivity index (χ0v) is 17.3. The molecule has 1 unspecified atom stereocenters. The first kappa shape index (κ1) is 22.1. The van der Waals surface area contributed by atoms with Crippen LogP contribution in [0.3, 0.4) is 0 Å². The summed E-state index contributed by atoms with van der Waals surface area (Å²) in [5.74, 6) is -0.614. The molecule has 7 nitrogen and oxygen atoms in total. The molecule has 0 aliphatic carbocycles. The van der Waals surface area contributed by atoms with E-state index in [1.54, 1.807) is 17.1 Å². The summed E-state index contributed by atoms with van der Waals surface area (Å²) in [4.78, 5) is 26.6. The Balaban J connectivity index is 1.72. The highest BCUT2D eigenvalue weighted by Crippen LogP contribution is 2.35. The fraction of sp³-hybridized carbons (Fsp3) is 0.478. The van der Waals surface area contributed by atoms with Gasteiger partial charge in [-0.1, -0.05) is 49.6 Å². The first-order chi connectivity index (χ1) is 14.5. The molecule has 0 saturated carbocycles. The van der Waals surface area contributed by atoms with E-state index in [1.165, 1.54) is 0 Å². The molecule has 2 N–H and O–H groups in total.